The van der Waals surface area contributed by atoms with Gasteiger partial charge in [-0.3, -0.25) is 14.7 Å². The highest BCUT2D eigenvalue weighted by molar-refractivity contribution is 6.30. The number of rotatable bonds is 7. The molecule has 35 heavy (non-hydrogen) atoms. The summed E-state index contributed by atoms with van der Waals surface area (Å²) in [5.41, 5.74) is 2.29. The number of benzene rings is 1. The maximum absolute atomic E-state index is 13.4. The van der Waals surface area contributed by atoms with Crippen molar-refractivity contribution in [3.63, 3.8) is 0 Å². The van der Waals surface area contributed by atoms with Gasteiger partial charge in [0, 0.05) is 67.4 Å². The Morgan fingerprint density at radius 1 is 1.11 bits per heavy atom. The van der Waals surface area contributed by atoms with Crippen molar-refractivity contribution in [2.75, 3.05) is 52.9 Å². The standard InChI is InChI=1S/C26H36ClN5O3/c1-19-23(20(2)29-28-19)15-24(33)32-9-5-8-26(17-32,18-35-22-7-4-6-21(27)14-22)16-25(34)31-12-10-30(3)11-13-31/h4,6-7,14H,5,8-13,15-18H2,1-3H3,(H,28,29)/t26-/m0/s1. The van der Waals surface area contributed by atoms with Crippen molar-refractivity contribution in [2.24, 2.45) is 5.41 Å². The van der Waals surface area contributed by atoms with Crippen LogP contribution < -0.4 is 4.74 Å². The number of H-pyrrole nitrogens is 1. The molecule has 1 aromatic carbocycles. The number of nitrogens with zero attached hydrogens (tertiary/aromatic N) is 4. The van der Waals surface area contributed by atoms with Crippen LogP contribution in [0.1, 0.15) is 36.2 Å². The van der Waals surface area contributed by atoms with E-state index in [-0.39, 0.29) is 11.8 Å². The summed E-state index contributed by atoms with van der Waals surface area (Å²) >= 11 is 6.15. The van der Waals surface area contributed by atoms with Crippen molar-refractivity contribution in [2.45, 2.75) is 39.5 Å². The molecule has 9 heteroatoms. The highest BCUT2D eigenvalue weighted by Gasteiger charge is 2.41. The van der Waals surface area contributed by atoms with E-state index in [0.717, 1.165) is 56.0 Å². The molecule has 0 saturated carbocycles. The first-order chi connectivity index (χ1) is 16.7. The topological polar surface area (TPSA) is 81.8 Å². The lowest BCUT2D eigenvalue weighted by Gasteiger charge is -2.43. The molecule has 2 saturated heterocycles. The predicted octanol–water partition coefficient (Wildman–Crippen LogP) is 3.07. The number of aromatic nitrogens is 2. The Morgan fingerprint density at radius 3 is 2.57 bits per heavy atom. The molecule has 0 spiro atoms. The van der Waals surface area contributed by atoms with Crippen LogP contribution in [0.3, 0.4) is 0 Å². The minimum absolute atomic E-state index is 0.0662. The zero-order valence-electron chi connectivity index (χ0n) is 21.0. The number of amides is 2. The lowest BCUT2D eigenvalue weighted by molar-refractivity contribution is -0.142. The third-order valence-electron chi connectivity index (χ3n) is 7.35. The zero-order valence-corrected chi connectivity index (χ0v) is 21.7. The first-order valence-corrected chi connectivity index (χ1v) is 12.8. The second kappa shape index (κ2) is 11.0. The number of hydrogen-bond donors (Lipinski definition) is 1. The Hall–Kier alpha value is -2.58. The average Bonchev–Trinajstić information content (AvgIpc) is 3.15. The number of likely N-dealkylation sites (N-methyl/N-ethyl adjacent to an activating group) is 1. The molecule has 2 aliphatic rings. The summed E-state index contributed by atoms with van der Waals surface area (Å²) in [4.78, 5) is 32.8. The van der Waals surface area contributed by atoms with Gasteiger partial charge in [-0.2, -0.15) is 5.10 Å². The third-order valence-corrected chi connectivity index (χ3v) is 7.58. The van der Waals surface area contributed by atoms with Gasteiger partial charge in [-0.25, -0.2) is 0 Å². The number of hydrogen-bond acceptors (Lipinski definition) is 5. The predicted molar refractivity (Wildman–Crippen MR) is 136 cm³/mol. The maximum Gasteiger partial charge on any atom is 0.227 e. The summed E-state index contributed by atoms with van der Waals surface area (Å²) in [6.45, 7) is 8.65. The van der Waals surface area contributed by atoms with E-state index in [4.69, 9.17) is 16.3 Å². The Morgan fingerprint density at radius 2 is 1.89 bits per heavy atom. The quantitative estimate of drug-likeness (QED) is 0.630. The molecule has 1 atom stereocenters. The summed E-state index contributed by atoms with van der Waals surface area (Å²) in [6, 6.07) is 7.32. The molecular formula is C26H36ClN5O3. The van der Waals surface area contributed by atoms with Crippen molar-refractivity contribution in [3.05, 3.63) is 46.2 Å². The molecule has 0 radical (unpaired) electrons. The van der Waals surface area contributed by atoms with Crippen molar-refractivity contribution < 1.29 is 14.3 Å². The molecule has 4 rings (SSSR count). The van der Waals surface area contributed by atoms with Gasteiger partial charge in [-0.1, -0.05) is 17.7 Å². The molecule has 2 fully saturated rings. The summed E-state index contributed by atoms with van der Waals surface area (Å²) in [5, 5.41) is 7.80. The number of carbonyl (C=O) groups is 2. The van der Waals surface area contributed by atoms with Crippen LogP contribution in [0, 0.1) is 19.3 Å². The Balaban J connectivity index is 1.50. The van der Waals surface area contributed by atoms with Gasteiger partial charge in [-0.15, -0.1) is 0 Å². The molecule has 0 bridgehead atoms. The van der Waals surface area contributed by atoms with Crippen LogP contribution in [-0.4, -0.2) is 89.6 Å². The van der Waals surface area contributed by atoms with E-state index in [1.165, 1.54) is 0 Å². The number of ether oxygens (including phenoxy) is 1. The fourth-order valence-corrected chi connectivity index (χ4v) is 5.29. The molecule has 2 aromatic rings. The molecule has 0 aliphatic carbocycles. The van der Waals surface area contributed by atoms with Crippen molar-refractivity contribution in [1.29, 1.82) is 0 Å². The number of piperidine rings is 1. The van der Waals surface area contributed by atoms with Crippen LogP contribution in [0.2, 0.25) is 5.02 Å². The van der Waals surface area contributed by atoms with Crippen molar-refractivity contribution in [1.82, 2.24) is 24.9 Å². The molecule has 1 aromatic heterocycles. The number of halogens is 1. The molecule has 8 nitrogen and oxygen atoms in total. The fraction of sp³-hybridized carbons (Fsp3) is 0.577. The van der Waals surface area contributed by atoms with Gasteiger partial charge in [0.05, 0.1) is 18.7 Å². The lowest BCUT2D eigenvalue weighted by Crippen LogP contribution is -2.53. The van der Waals surface area contributed by atoms with E-state index < -0.39 is 5.41 Å². The Bertz CT molecular complexity index is 1030. The first kappa shape index (κ1) is 25.5. The van der Waals surface area contributed by atoms with Gasteiger partial charge >= 0.3 is 0 Å². The molecule has 1 N–H and O–H groups in total. The number of likely N-dealkylation sites (tertiary alicyclic amines) is 1. The highest BCUT2D eigenvalue weighted by Crippen LogP contribution is 2.36. The molecule has 0 unspecified atom stereocenters. The first-order valence-electron chi connectivity index (χ1n) is 12.4. The summed E-state index contributed by atoms with van der Waals surface area (Å²) in [5.74, 6) is 0.886. The monoisotopic (exact) mass is 501 g/mol. The van der Waals surface area contributed by atoms with E-state index in [9.17, 15) is 9.59 Å². The Labute approximate surface area is 212 Å². The normalized spacial score (nSPS) is 21.3. The van der Waals surface area contributed by atoms with Crippen molar-refractivity contribution in [3.8, 4) is 5.75 Å². The largest absolute Gasteiger partial charge is 0.493 e. The van der Waals surface area contributed by atoms with Crippen LogP contribution in [0.15, 0.2) is 24.3 Å². The lowest BCUT2D eigenvalue weighted by atomic mass is 9.77. The van der Waals surface area contributed by atoms with E-state index in [0.29, 0.717) is 43.3 Å². The highest BCUT2D eigenvalue weighted by atomic mass is 35.5. The fourth-order valence-electron chi connectivity index (χ4n) is 5.11. The van der Waals surface area contributed by atoms with Gasteiger partial charge in [0.2, 0.25) is 11.8 Å². The average molecular weight is 502 g/mol. The minimum Gasteiger partial charge on any atom is -0.493 e. The zero-order chi connectivity index (χ0) is 25.0. The number of piperazine rings is 1. The summed E-state index contributed by atoms with van der Waals surface area (Å²) in [6.07, 6.45) is 2.35. The SMILES string of the molecule is Cc1n[nH]c(C)c1CC(=O)N1CCC[C@](COc2cccc(Cl)c2)(CC(=O)N2CCN(C)CC2)C1. The second-order valence-corrected chi connectivity index (χ2v) is 10.6. The number of aromatic amines is 1. The minimum atomic E-state index is -0.447. The number of carbonyl (C=O) groups excluding carboxylic acids is 2. The second-order valence-electron chi connectivity index (χ2n) is 10.1. The summed E-state index contributed by atoms with van der Waals surface area (Å²) < 4.78 is 6.19. The van der Waals surface area contributed by atoms with Gasteiger partial charge in [0.15, 0.2) is 0 Å². The maximum atomic E-state index is 13.4. The van der Waals surface area contributed by atoms with Crippen LogP contribution in [-0.2, 0) is 16.0 Å². The van der Waals surface area contributed by atoms with Crippen LogP contribution in [0.5, 0.6) is 5.75 Å². The van der Waals surface area contributed by atoms with E-state index in [2.05, 4.69) is 22.1 Å². The van der Waals surface area contributed by atoms with Crippen LogP contribution in [0.4, 0.5) is 0 Å². The van der Waals surface area contributed by atoms with E-state index >= 15 is 0 Å². The van der Waals surface area contributed by atoms with Crippen molar-refractivity contribution >= 4 is 23.4 Å². The van der Waals surface area contributed by atoms with Gasteiger partial charge in [0.25, 0.3) is 0 Å². The molecular weight excluding hydrogens is 466 g/mol. The van der Waals surface area contributed by atoms with Gasteiger partial charge in [0.1, 0.15) is 5.75 Å². The van der Waals surface area contributed by atoms with Crippen LogP contribution >= 0.6 is 11.6 Å². The Kier molecular flexibility index (Phi) is 8.02. The van der Waals surface area contributed by atoms with E-state index in [1.807, 2.05) is 41.8 Å². The van der Waals surface area contributed by atoms with Crippen LogP contribution in [0.25, 0.3) is 0 Å². The third kappa shape index (κ3) is 6.35. The van der Waals surface area contributed by atoms with E-state index in [1.54, 1.807) is 6.07 Å². The smallest absolute Gasteiger partial charge is 0.227 e. The van der Waals surface area contributed by atoms with Gasteiger partial charge in [-0.05, 0) is 51.9 Å². The molecule has 3 heterocycles. The molecule has 190 valence electrons. The summed E-state index contributed by atoms with van der Waals surface area (Å²) in [7, 11) is 2.08. The molecule has 2 aliphatic heterocycles. The van der Waals surface area contributed by atoms with Gasteiger partial charge < -0.3 is 19.4 Å². The number of aryl methyl sites for hydroxylation is 2. The molecule has 2 amide bonds. The number of nitrogens with one attached hydrogen (secondary N) is 1.